The highest BCUT2D eigenvalue weighted by Gasteiger charge is 2.13. The summed E-state index contributed by atoms with van der Waals surface area (Å²) in [6.07, 6.45) is 8.84. The van der Waals surface area contributed by atoms with Gasteiger partial charge in [0.2, 0.25) is 0 Å². The number of hydrogen-bond donors (Lipinski definition) is 1. The monoisotopic (exact) mass is 268 g/mol. The van der Waals surface area contributed by atoms with Crippen molar-refractivity contribution in [3.63, 3.8) is 0 Å². The summed E-state index contributed by atoms with van der Waals surface area (Å²) in [6, 6.07) is 0. The van der Waals surface area contributed by atoms with Crippen LogP contribution in [0.2, 0.25) is 0 Å². The minimum absolute atomic E-state index is 0.164. The minimum Gasteiger partial charge on any atom is -0.550 e. The third-order valence-electron chi connectivity index (χ3n) is 2.23. The van der Waals surface area contributed by atoms with E-state index in [0.29, 0.717) is 6.54 Å². The molecule has 0 fully saturated rings. The van der Waals surface area contributed by atoms with Crippen LogP contribution >= 0.6 is 0 Å². The Hall–Kier alpha value is -2.11. The molecule has 0 aliphatic carbocycles. The van der Waals surface area contributed by atoms with Crippen LogP contribution in [0.15, 0.2) is 18.5 Å². The molecule has 1 rings (SSSR count). The molecule has 0 radical (unpaired) electrons. The fourth-order valence-corrected chi connectivity index (χ4v) is 1.57. The van der Waals surface area contributed by atoms with E-state index in [4.69, 9.17) is 15.0 Å². The van der Waals surface area contributed by atoms with Crippen LogP contribution < -0.4 is 9.67 Å². The van der Waals surface area contributed by atoms with E-state index in [9.17, 15) is 4.79 Å². The number of hydrogen-bond acceptors (Lipinski definition) is 3. The largest absolute Gasteiger partial charge is 0.550 e. The number of imidazole rings is 1. The van der Waals surface area contributed by atoms with Crippen molar-refractivity contribution in [3.05, 3.63) is 24.3 Å². The van der Waals surface area contributed by atoms with Crippen LogP contribution in [0.1, 0.15) is 33.0 Å². The first-order valence-corrected chi connectivity index (χ1v) is 6.03. The Morgan fingerprint density at radius 2 is 2.11 bits per heavy atom. The topological polar surface area (TPSA) is 86.2 Å². The Morgan fingerprint density at radius 3 is 2.53 bits per heavy atom. The van der Waals surface area contributed by atoms with Gasteiger partial charge in [-0.2, -0.15) is 0 Å². The quantitative estimate of drug-likeness (QED) is 0.765. The van der Waals surface area contributed by atoms with Crippen LogP contribution in [0.3, 0.4) is 0 Å². The van der Waals surface area contributed by atoms with Crippen molar-refractivity contribution in [2.75, 3.05) is 0 Å². The number of carbonyl (C=O) groups is 2. The maximum Gasteiger partial charge on any atom is 0.307 e. The molecule has 1 aromatic rings. The zero-order valence-electron chi connectivity index (χ0n) is 11.5. The third kappa shape index (κ3) is 7.03. The van der Waals surface area contributed by atoms with Crippen LogP contribution in [0.25, 0.3) is 6.20 Å². The van der Waals surface area contributed by atoms with Crippen molar-refractivity contribution < 1.29 is 24.4 Å². The standard InChI is InChI=1S/C11H16N2O2.C2H4O2/c1-3-6-12-8-9-13(10(12)4-2)7-5-11(14)15;1-2(3)4/h3,6,8-9H,4-5,7H2,1-2H3;1H3,(H,3,4). The Bertz CT molecular complexity index is 445. The molecule has 0 amide bonds. The van der Waals surface area contributed by atoms with E-state index < -0.39 is 11.9 Å². The van der Waals surface area contributed by atoms with Crippen molar-refractivity contribution >= 4 is 18.1 Å². The molecule has 0 unspecified atom stereocenters. The molecule has 0 saturated heterocycles. The first-order chi connectivity index (χ1) is 8.92. The number of aryl methyl sites for hydroxylation is 1. The number of carboxylic acid groups (broad SMARTS) is 2. The predicted molar refractivity (Wildman–Crippen MR) is 67.9 cm³/mol. The average molecular weight is 268 g/mol. The van der Waals surface area contributed by atoms with Gasteiger partial charge in [-0.1, -0.05) is 6.92 Å². The molecule has 1 N–H and O–H groups in total. The van der Waals surface area contributed by atoms with Crippen molar-refractivity contribution in [1.29, 1.82) is 0 Å². The summed E-state index contributed by atoms with van der Waals surface area (Å²) >= 11 is 0. The molecule has 1 aromatic heterocycles. The van der Waals surface area contributed by atoms with Gasteiger partial charge in [0, 0.05) is 12.4 Å². The predicted octanol–water partition coefficient (Wildman–Crippen LogP) is 0.0595. The van der Waals surface area contributed by atoms with Gasteiger partial charge < -0.3 is 15.0 Å². The first-order valence-electron chi connectivity index (χ1n) is 6.03. The first kappa shape index (κ1) is 16.9. The van der Waals surface area contributed by atoms with Gasteiger partial charge in [-0.15, -0.1) is 0 Å². The molecule has 0 atom stereocenters. The van der Waals surface area contributed by atoms with Crippen molar-refractivity contribution in [3.8, 4) is 0 Å². The summed E-state index contributed by atoms with van der Waals surface area (Å²) in [5, 5.41) is 17.5. The number of carboxylic acids is 2. The summed E-state index contributed by atoms with van der Waals surface area (Å²) in [4.78, 5) is 19.4. The third-order valence-corrected chi connectivity index (χ3v) is 2.23. The summed E-state index contributed by atoms with van der Waals surface area (Å²) in [5.41, 5.74) is 0. The maximum atomic E-state index is 10.5. The fourth-order valence-electron chi connectivity index (χ4n) is 1.57. The van der Waals surface area contributed by atoms with E-state index >= 15 is 0 Å². The summed E-state index contributed by atoms with van der Waals surface area (Å²) in [7, 11) is 0. The Labute approximate surface area is 112 Å². The van der Waals surface area contributed by atoms with Gasteiger partial charge >= 0.3 is 5.97 Å². The Morgan fingerprint density at radius 1 is 1.53 bits per heavy atom. The molecular formula is C13H20N2O4. The van der Waals surface area contributed by atoms with E-state index in [1.807, 2.05) is 40.7 Å². The number of rotatable bonds is 5. The molecule has 0 aromatic carbocycles. The number of carbonyl (C=O) groups excluding carboxylic acids is 1. The lowest BCUT2D eigenvalue weighted by atomic mass is 10.4. The van der Waals surface area contributed by atoms with Gasteiger partial charge in [-0.25, -0.2) is 9.13 Å². The normalized spacial score (nSPS) is 10.1. The van der Waals surface area contributed by atoms with E-state index in [1.165, 1.54) is 0 Å². The summed E-state index contributed by atoms with van der Waals surface area (Å²) in [5.74, 6) is -0.724. The van der Waals surface area contributed by atoms with E-state index in [2.05, 4.69) is 6.92 Å². The highest BCUT2D eigenvalue weighted by molar-refractivity contribution is 5.66. The molecular weight excluding hydrogens is 248 g/mol. The van der Waals surface area contributed by atoms with Gasteiger partial charge in [0.1, 0.15) is 18.9 Å². The molecule has 106 valence electrons. The summed E-state index contributed by atoms with van der Waals surface area (Å²) in [6.45, 7) is 5.52. The van der Waals surface area contributed by atoms with E-state index in [-0.39, 0.29) is 6.42 Å². The molecule has 6 nitrogen and oxygen atoms in total. The zero-order chi connectivity index (χ0) is 14.8. The lowest BCUT2D eigenvalue weighted by molar-refractivity contribution is -0.702. The highest BCUT2D eigenvalue weighted by Crippen LogP contribution is 1.98. The zero-order valence-corrected chi connectivity index (χ0v) is 11.5. The van der Waals surface area contributed by atoms with Gasteiger partial charge in [-0.3, -0.25) is 4.79 Å². The van der Waals surface area contributed by atoms with Crippen LogP contribution in [-0.4, -0.2) is 21.6 Å². The lowest BCUT2D eigenvalue weighted by Crippen LogP contribution is -2.37. The molecule has 0 saturated carbocycles. The number of aromatic nitrogens is 2. The molecule has 0 aliphatic heterocycles. The average Bonchev–Trinajstić information content (AvgIpc) is 2.68. The fraction of sp³-hybridized carbons (Fsp3) is 0.462. The van der Waals surface area contributed by atoms with Crippen LogP contribution in [0.4, 0.5) is 0 Å². The van der Waals surface area contributed by atoms with Gasteiger partial charge in [0.25, 0.3) is 5.82 Å². The van der Waals surface area contributed by atoms with Crippen molar-refractivity contribution in [2.45, 2.75) is 40.2 Å². The molecule has 0 spiro atoms. The molecule has 0 bridgehead atoms. The second kappa shape index (κ2) is 8.91. The van der Waals surface area contributed by atoms with Gasteiger partial charge in [0.05, 0.1) is 12.6 Å². The van der Waals surface area contributed by atoms with Crippen LogP contribution in [-0.2, 0) is 22.6 Å². The number of allylic oxidation sites excluding steroid dienone is 1. The lowest BCUT2D eigenvalue weighted by Gasteiger charge is -1.98. The van der Waals surface area contributed by atoms with Crippen LogP contribution in [0, 0.1) is 0 Å². The molecule has 1 heterocycles. The number of nitrogens with zero attached hydrogens (tertiary/aromatic N) is 2. The summed E-state index contributed by atoms with van der Waals surface area (Å²) < 4.78 is 4.00. The minimum atomic E-state index is -1.08. The van der Waals surface area contributed by atoms with E-state index in [0.717, 1.165) is 19.2 Å². The second-order valence-corrected chi connectivity index (χ2v) is 3.79. The molecule has 19 heavy (non-hydrogen) atoms. The van der Waals surface area contributed by atoms with Gasteiger partial charge in [-0.05, 0) is 19.9 Å². The Kier molecular flexibility index (Phi) is 7.92. The number of aliphatic carboxylic acids is 2. The maximum absolute atomic E-state index is 10.5. The smallest absolute Gasteiger partial charge is 0.307 e. The Balaban J connectivity index is 0.000000711. The van der Waals surface area contributed by atoms with Crippen molar-refractivity contribution in [1.82, 2.24) is 4.57 Å². The highest BCUT2D eigenvalue weighted by atomic mass is 16.4. The van der Waals surface area contributed by atoms with E-state index in [1.54, 1.807) is 0 Å². The van der Waals surface area contributed by atoms with Crippen molar-refractivity contribution in [2.24, 2.45) is 0 Å². The molecule has 0 aliphatic rings. The van der Waals surface area contributed by atoms with Crippen LogP contribution in [0.5, 0.6) is 0 Å². The molecule has 6 heteroatoms. The second-order valence-electron chi connectivity index (χ2n) is 3.79. The van der Waals surface area contributed by atoms with Gasteiger partial charge in [0.15, 0.2) is 0 Å². The SMILES string of the molecule is CC(=O)[O-].CC=Cn1cc[n+](CCC(=O)O)c1CC.